The molecule has 0 saturated carbocycles. The van der Waals surface area contributed by atoms with Crippen LogP contribution in [0.1, 0.15) is 25.0 Å². The fourth-order valence-corrected chi connectivity index (χ4v) is 2.24. The van der Waals surface area contributed by atoms with Crippen molar-refractivity contribution in [2.75, 3.05) is 11.9 Å². The molecule has 0 aliphatic carbocycles. The second kappa shape index (κ2) is 7.14. The van der Waals surface area contributed by atoms with Crippen LogP contribution in [-0.2, 0) is 15.1 Å². The van der Waals surface area contributed by atoms with Gasteiger partial charge < -0.3 is 15.2 Å². The molecule has 1 aromatic heterocycles. The van der Waals surface area contributed by atoms with Crippen molar-refractivity contribution in [3.8, 4) is 5.75 Å². The van der Waals surface area contributed by atoms with Gasteiger partial charge in [0.05, 0.1) is 11.9 Å². The Hall–Kier alpha value is -2.54. The number of ether oxygens (including phenoxy) is 1. The number of aliphatic carboxylic acids is 1. The maximum absolute atomic E-state index is 12.0. The fourth-order valence-electron chi connectivity index (χ4n) is 2.13. The molecule has 2 N–H and O–H groups in total. The van der Waals surface area contributed by atoms with Crippen LogP contribution in [0.4, 0.5) is 5.69 Å². The van der Waals surface area contributed by atoms with E-state index in [0.29, 0.717) is 16.5 Å². The highest BCUT2D eigenvalue weighted by molar-refractivity contribution is 6.32. The van der Waals surface area contributed by atoms with Gasteiger partial charge in [-0.05, 0) is 51.0 Å². The van der Waals surface area contributed by atoms with Crippen LogP contribution in [0.3, 0.4) is 0 Å². The maximum atomic E-state index is 12.0. The van der Waals surface area contributed by atoms with Gasteiger partial charge in [-0.2, -0.15) is 5.10 Å². The third kappa shape index (κ3) is 4.30. The largest absolute Gasteiger partial charge is 0.484 e. The Bertz CT molecular complexity index is 791. The Morgan fingerprint density at radius 2 is 1.92 bits per heavy atom. The Morgan fingerprint density at radius 3 is 2.48 bits per heavy atom. The van der Waals surface area contributed by atoms with Crippen LogP contribution in [0, 0.1) is 13.8 Å². The normalized spacial score (nSPS) is 11.2. The lowest BCUT2D eigenvalue weighted by Gasteiger charge is -2.19. The molecule has 0 spiro atoms. The molecule has 0 atom stereocenters. The molecule has 25 heavy (non-hydrogen) atoms. The summed E-state index contributed by atoms with van der Waals surface area (Å²) >= 11 is 6.10. The van der Waals surface area contributed by atoms with Gasteiger partial charge in [0.15, 0.2) is 12.1 Å². The van der Waals surface area contributed by atoms with Crippen LogP contribution in [0.2, 0.25) is 5.02 Å². The molecule has 0 unspecified atom stereocenters. The van der Waals surface area contributed by atoms with Crippen molar-refractivity contribution >= 4 is 29.2 Å². The monoisotopic (exact) mass is 365 g/mol. The van der Waals surface area contributed by atoms with E-state index in [0.717, 1.165) is 11.1 Å². The molecule has 7 nitrogen and oxygen atoms in total. The first-order valence-corrected chi connectivity index (χ1v) is 7.97. The van der Waals surface area contributed by atoms with Crippen molar-refractivity contribution in [1.82, 2.24) is 9.78 Å². The molecule has 0 saturated heterocycles. The Kier molecular flexibility index (Phi) is 5.37. The standard InChI is InChI=1S/C17H20ClN3O4/c1-10-5-13(6-11(2)15(10)18)25-9-14(22)20-12-7-19-21(8-12)17(3,4)16(23)24/h5-8H,9H2,1-4H3,(H,20,22)(H,23,24). The topological polar surface area (TPSA) is 93.5 Å². The molecular weight excluding hydrogens is 346 g/mol. The summed E-state index contributed by atoms with van der Waals surface area (Å²) in [6.45, 7) is 6.57. The minimum Gasteiger partial charge on any atom is -0.484 e. The summed E-state index contributed by atoms with van der Waals surface area (Å²) in [5, 5.41) is 16.5. The average molecular weight is 366 g/mol. The van der Waals surface area contributed by atoms with Crippen LogP contribution in [0.25, 0.3) is 0 Å². The van der Waals surface area contributed by atoms with Gasteiger partial charge in [-0.3, -0.25) is 9.48 Å². The zero-order valence-corrected chi connectivity index (χ0v) is 15.2. The van der Waals surface area contributed by atoms with Gasteiger partial charge in [0.25, 0.3) is 5.91 Å². The van der Waals surface area contributed by atoms with Gasteiger partial charge >= 0.3 is 5.97 Å². The molecule has 1 amide bonds. The van der Waals surface area contributed by atoms with Crippen molar-refractivity contribution in [3.63, 3.8) is 0 Å². The summed E-state index contributed by atoms with van der Waals surface area (Å²) in [6, 6.07) is 3.52. The molecule has 0 radical (unpaired) electrons. The summed E-state index contributed by atoms with van der Waals surface area (Å²) < 4.78 is 6.75. The number of benzene rings is 1. The molecule has 0 aliphatic rings. The van der Waals surface area contributed by atoms with Gasteiger partial charge in [0, 0.05) is 11.2 Å². The number of carbonyl (C=O) groups excluding carboxylic acids is 1. The van der Waals surface area contributed by atoms with E-state index >= 15 is 0 Å². The van der Waals surface area contributed by atoms with E-state index in [2.05, 4.69) is 10.4 Å². The van der Waals surface area contributed by atoms with Crippen LogP contribution in [0.15, 0.2) is 24.5 Å². The minimum atomic E-state index is -1.21. The number of nitrogens with one attached hydrogen (secondary N) is 1. The summed E-state index contributed by atoms with van der Waals surface area (Å²) in [5.74, 6) is -0.847. The molecule has 1 aromatic carbocycles. The lowest BCUT2D eigenvalue weighted by Crippen LogP contribution is -2.35. The van der Waals surface area contributed by atoms with Crippen LogP contribution in [-0.4, -0.2) is 33.4 Å². The number of anilines is 1. The zero-order chi connectivity index (χ0) is 18.8. The summed E-state index contributed by atoms with van der Waals surface area (Å²) in [6.07, 6.45) is 2.85. The molecule has 8 heteroatoms. The Labute approximate surface area is 150 Å². The molecule has 134 valence electrons. The van der Waals surface area contributed by atoms with E-state index in [1.165, 1.54) is 30.9 Å². The number of carbonyl (C=O) groups is 2. The number of hydrogen-bond donors (Lipinski definition) is 2. The lowest BCUT2D eigenvalue weighted by atomic mass is 10.1. The number of aryl methyl sites for hydroxylation is 2. The molecule has 2 aromatic rings. The lowest BCUT2D eigenvalue weighted by molar-refractivity contribution is -0.146. The first-order chi connectivity index (χ1) is 11.6. The van der Waals surface area contributed by atoms with Crippen molar-refractivity contribution < 1.29 is 19.4 Å². The van der Waals surface area contributed by atoms with Crippen molar-refractivity contribution in [2.24, 2.45) is 0 Å². The Morgan fingerprint density at radius 1 is 1.32 bits per heavy atom. The molecule has 2 rings (SSSR count). The van der Waals surface area contributed by atoms with Gasteiger partial charge in [-0.1, -0.05) is 11.6 Å². The first kappa shape index (κ1) is 18.8. The van der Waals surface area contributed by atoms with E-state index in [-0.39, 0.29) is 12.5 Å². The third-order valence-electron chi connectivity index (χ3n) is 3.74. The third-order valence-corrected chi connectivity index (χ3v) is 4.34. The average Bonchev–Trinajstić information content (AvgIpc) is 2.99. The van der Waals surface area contributed by atoms with E-state index in [1.54, 1.807) is 12.1 Å². The van der Waals surface area contributed by atoms with Gasteiger partial charge in [-0.25, -0.2) is 4.79 Å². The predicted molar refractivity (Wildman–Crippen MR) is 94.2 cm³/mol. The number of halogens is 1. The highest BCUT2D eigenvalue weighted by atomic mass is 35.5. The second-order valence-electron chi connectivity index (χ2n) is 6.25. The van der Waals surface area contributed by atoms with Crippen molar-refractivity contribution in [2.45, 2.75) is 33.2 Å². The summed E-state index contributed by atoms with van der Waals surface area (Å²) in [4.78, 5) is 23.2. The summed E-state index contributed by atoms with van der Waals surface area (Å²) in [7, 11) is 0. The van der Waals surface area contributed by atoms with Crippen LogP contribution < -0.4 is 10.1 Å². The SMILES string of the molecule is Cc1cc(OCC(=O)Nc2cnn(C(C)(C)C(=O)O)c2)cc(C)c1Cl. The fraction of sp³-hybridized carbons (Fsp3) is 0.353. The van der Waals surface area contributed by atoms with Crippen molar-refractivity contribution in [3.05, 3.63) is 40.7 Å². The van der Waals surface area contributed by atoms with Crippen LogP contribution in [0.5, 0.6) is 5.75 Å². The van der Waals surface area contributed by atoms with Gasteiger partial charge in [0.2, 0.25) is 0 Å². The number of hydrogen-bond acceptors (Lipinski definition) is 4. The second-order valence-corrected chi connectivity index (χ2v) is 6.62. The van der Waals surface area contributed by atoms with E-state index in [4.69, 9.17) is 16.3 Å². The molecule has 0 aliphatic heterocycles. The highest BCUT2D eigenvalue weighted by Crippen LogP contribution is 2.25. The van der Waals surface area contributed by atoms with E-state index in [1.807, 2.05) is 13.8 Å². The summed E-state index contributed by atoms with van der Waals surface area (Å²) in [5.41, 5.74) is 0.924. The number of rotatable bonds is 6. The smallest absolute Gasteiger partial charge is 0.331 e. The van der Waals surface area contributed by atoms with E-state index in [9.17, 15) is 14.7 Å². The van der Waals surface area contributed by atoms with Gasteiger partial charge in [0.1, 0.15) is 5.75 Å². The van der Waals surface area contributed by atoms with Crippen LogP contribution >= 0.6 is 11.6 Å². The highest BCUT2D eigenvalue weighted by Gasteiger charge is 2.30. The van der Waals surface area contributed by atoms with Gasteiger partial charge in [-0.15, -0.1) is 0 Å². The number of aromatic nitrogens is 2. The maximum Gasteiger partial charge on any atom is 0.331 e. The predicted octanol–water partition coefficient (Wildman–Crippen LogP) is 2.99. The zero-order valence-electron chi connectivity index (χ0n) is 14.5. The molecule has 1 heterocycles. The number of carboxylic acid groups (broad SMARTS) is 1. The number of carboxylic acids is 1. The first-order valence-electron chi connectivity index (χ1n) is 7.59. The molecule has 0 fully saturated rings. The molecule has 0 bridgehead atoms. The Balaban J connectivity index is 1.97. The quantitative estimate of drug-likeness (QED) is 0.820. The van der Waals surface area contributed by atoms with E-state index < -0.39 is 11.5 Å². The number of nitrogens with zero attached hydrogens (tertiary/aromatic N) is 2. The molecular formula is C17H20ClN3O4. The van der Waals surface area contributed by atoms with Crippen molar-refractivity contribution in [1.29, 1.82) is 0 Å². The minimum absolute atomic E-state index is 0.186. The number of amides is 1.